The van der Waals surface area contributed by atoms with Gasteiger partial charge in [-0.1, -0.05) is 6.92 Å². The molecular weight excluding hydrogens is 228 g/mol. The summed E-state index contributed by atoms with van der Waals surface area (Å²) in [4.78, 5) is 0. The Morgan fingerprint density at radius 1 is 1.38 bits per heavy atom. The maximum atomic E-state index is 12.0. The van der Waals surface area contributed by atoms with Gasteiger partial charge < -0.3 is 10.1 Å². The minimum absolute atomic E-state index is 0.0946. The summed E-state index contributed by atoms with van der Waals surface area (Å²) in [5, 5.41) is 3.10. The lowest BCUT2D eigenvalue weighted by molar-refractivity contribution is 0.161. The number of nitrogens with one attached hydrogen (secondary N) is 1. The van der Waals surface area contributed by atoms with Gasteiger partial charge in [0.1, 0.15) is 0 Å². The highest BCUT2D eigenvalue weighted by Gasteiger charge is 2.32. The monoisotopic (exact) mass is 250 g/mol. The Morgan fingerprint density at radius 2 is 2.06 bits per heavy atom. The number of ether oxygens (including phenoxy) is 1. The van der Waals surface area contributed by atoms with E-state index in [1.807, 2.05) is 13.8 Å². The number of rotatable bonds is 8. The van der Waals surface area contributed by atoms with Crippen molar-refractivity contribution in [2.75, 3.05) is 38.6 Å². The molecule has 1 saturated heterocycles. The van der Waals surface area contributed by atoms with Crippen molar-refractivity contribution in [2.45, 2.75) is 26.3 Å². The van der Waals surface area contributed by atoms with Gasteiger partial charge in [0.25, 0.3) is 0 Å². The van der Waals surface area contributed by atoms with Crippen LogP contribution in [-0.4, -0.2) is 57.4 Å². The molecule has 0 unspecified atom stereocenters. The second-order valence-electron chi connectivity index (χ2n) is 3.94. The maximum Gasteiger partial charge on any atom is 0.216 e. The molecule has 5 nitrogen and oxygen atoms in total. The second-order valence-corrected chi connectivity index (χ2v) is 5.98. The fraction of sp³-hybridized carbons (Fsp3) is 1.00. The first-order valence-electron chi connectivity index (χ1n) is 5.89. The summed E-state index contributed by atoms with van der Waals surface area (Å²) in [6.45, 7) is 6.87. The third-order valence-electron chi connectivity index (χ3n) is 2.66. The first-order chi connectivity index (χ1) is 7.61. The summed E-state index contributed by atoms with van der Waals surface area (Å²) >= 11 is 0. The Morgan fingerprint density at radius 3 is 2.50 bits per heavy atom. The number of hydrogen-bond acceptors (Lipinski definition) is 4. The van der Waals surface area contributed by atoms with Gasteiger partial charge >= 0.3 is 0 Å². The molecule has 1 aliphatic heterocycles. The highest BCUT2D eigenvalue weighted by atomic mass is 32.2. The highest BCUT2D eigenvalue weighted by Crippen LogP contribution is 2.12. The van der Waals surface area contributed by atoms with Crippen LogP contribution in [0.1, 0.15) is 20.3 Å². The molecule has 1 N–H and O–H groups in total. The van der Waals surface area contributed by atoms with E-state index < -0.39 is 10.0 Å². The standard InChI is InChI=1S/C10H22N2O3S/c1-3-5-12(10-8-11-9-10)16(13,14)7-6-15-4-2/h10-11H,3-9H2,1-2H3. The van der Waals surface area contributed by atoms with Crippen LogP contribution in [0.5, 0.6) is 0 Å². The third-order valence-corrected chi connectivity index (χ3v) is 4.54. The largest absolute Gasteiger partial charge is 0.381 e. The van der Waals surface area contributed by atoms with Crippen molar-refractivity contribution in [3.63, 3.8) is 0 Å². The second kappa shape index (κ2) is 6.54. The SMILES string of the molecule is CCCN(C1CNC1)S(=O)(=O)CCOCC. The molecular formula is C10H22N2O3S. The van der Waals surface area contributed by atoms with E-state index in [4.69, 9.17) is 4.74 Å². The molecule has 6 heteroatoms. The van der Waals surface area contributed by atoms with E-state index in [0.717, 1.165) is 19.5 Å². The fourth-order valence-electron chi connectivity index (χ4n) is 1.67. The van der Waals surface area contributed by atoms with Crippen LogP contribution in [0.15, 0.2) is 0 Å². The Balaban J connectivity index is 2.53. The van der Waals surface area contributed by atoms with Gasteiger partial charge in [-0.2, -0.15) is 4.31 Å². The Bertz CT molecular complexity index is 288. The molecule has 0 radical (unpaired) electrons. The van der Waals surface area contributed by atoms with Gasteiger partial charge in [-0.3, -0.25) is 0 Å². The first-order valence-corrected chi connectivity index (χ1v) is 7.50. The predicted molar refractivity (Wildman–Crippen MR) is 63.9 cm³/mol. The van der Waals surface area contributed by atoms with Crippen LogP contribution in [0, 0.1) is 0 Å². The number of nitrogens with zero attached hydrogens (tertiary/aromatic N) is 1. The van der Waals surface area contributed by atoms with Gasteiger partial charge in [-0.25, -0.2) is 8.42 Å². The molecule has 0 aromatic heterocycles. The predicted octanol–water partition coefficient (Wildman–Crippen LogP) is 0.0365. The molecule has 0 spiro atoms. The number of sulfonamides is 1. The molecule has 0 aromatic carbocycles. The first kappa shape index (κ1) is 13.9. The molecule has 0 aromatic rings. The molecule has 1 aliphatic rings. The summed E-state index contributed by atoms with van der Waals surface area (Å²) < 4.78 is 30.8. The van der Waals surface area contributed by atoms with E-state index in [9.17, 15) is 8.42 Å². The summed E-state index contributed by atoms with van der Waals surface area (Å²) in [5.41, 5.74) is 0. The normalized spacial score (nSPS) is 17.7. The fourth-order valence-corrected chi connectivity index (χ4v) is 3.30. The van der Waals surface area contributed by atoms with Gasteiger partial charge in [0.2, 0.25) is 10.0 Å². The van der Waals surface area contributed by atoms with Crippen molar-refractivity contribution in [2.24, 2.45) is 0 Å². The zero-order valence-electron chi connectivity index (χ0n) is 10.1. The van der Waals surface area contributed by atoms with Crippen LogP contribution in [0.3, 0.4) is 0 Å². The summed E-state index contributed by atoms with van der Waals surface area (Å²) in [7, 11) is -3.15. The zero-order valence-corrected chi connectivity index (χ0v) is 10.9. The van der Waals surface area contributed by atoms with Crippen molar-refractivity contribution in [1.29, 1.82) is 0 Å². The van der Waals surface area contributed by atoms with E-state index in [0.29, 0.717) is 19.8 Å². The van der Waals surface area contributed by atoms with Gasteiger partial charge in [0.05, 0.1) is 12.4 Å². The molecule has 1 rings (SSSR count). The molecule has 0 atom stereocenters. The zero-order chi connectivity index (χ0) is 12.0. The molecule has 0 amide bonds. The lowest BCUT2D eigenvalue weighted by Gasteiger charge is -2.37. The smallest absolute Gasteiger partial charge is 0.216 e. The van der Waals surface area contributed by atoms with Crippen molar-refractivity contribution in [3.05, 3.63) is 0 Å². The molecule has 0 aliphatic carbocycles. The van der Waals surface area contributed by atoms with Crippen LogP contribution in [-0.2, 0) is 14.8 Å². The Hall–Kier alpha value is -0.170. The van der Waals surface area contributed by atoms with Crippen LogP contribution >= 0.6 is 0 Å². The topological polar surface area (TPSA) is 58.6 Å². The average molecular weight is 250 g/mol. The molecule has 1 fully saturated rings. The van der Waals surface area contributed by atoms with E-state index in [2.05, 4.69) is 5.32 Å². The van der Waals surface area contributed by atoms with Crippen molar-refractivity contribution in [3.8, 4) is 0 Å². The Labute approximate surface area is 98.2 Å². The van der Waals surface area contributed by atoms with Gasteiger partial charge in [-0.15, -0.1) is 0 Å². The highest BCUT2D eigenvalue weighted by molar-refractivity contribution is 7.89. The lowest BCUT2D eigenvalue weighted by Crippen LogP contribution is -2.59. The molecule has 0 saturated carbocycles. The molecule has 1 heterocycles. The lowest BCUT2D eigenvalue weighted by atomic mass is 10.2. The summed E-state index contributed by atoms with van der Waals surface area (Å²) in [6, 6.07) is 0.145. The Kier molecular flexibility index (Phi) is 5.68. The molecule has 16 heavy (non-hydrogen) atoms. The maximum absolute atomic E-state index is 12.0. The van der Waals surface area contributed by atoms with Gasteiger partial charge in [-0.05, 0) is 13.3 Å². The van der Waals surface area contributed by atoms with E-state index in [-0.39, 0.29) is 11.8 Å². The van der Waals surface area contributed by atoms with Crippen LogP contribution < -0.4 is 5.32 Å². The minimum Gasteiger partial charge on any atom is -0.381 e. The summed E-state index contributed by atoms with van der Waals surface area (Å²) in [5.74, 6) is 0.0946. The van der Waals surface area contributed by atoms with Gasteiger partial charge in [0, 0.05) is 32.3 Å². The van der Waals surface area contributed by atoms with Crippen molar-refractivity contribution in [1.82, 2.24) is 9.62 Å². The van der Waals surface area contributed by atoms with Gasteiger partial charge in [0.15, 0.2) is 0 Å². The van der Waals surface area contributed by atoms with Crippen LogP contribution in [0.2, 0.25) is 0 Å². The quantitative estimate of drug-likeness (QED) is 0.618. The van der Waals surface area contributed by atoms with Crippen LogP contribution in [0.25, 0.3) is 0 Å². The molecule has 96 valence electrons. The molecule has 0 bridgehead atoms. The van der Waals surface area contributed by atoms with E-state index >= 15 is 0 Å². The third kappa shape index (κ3) is 3.69. The summed E-state index contributed by atoms with van der Waals surface area (Å²) in [6.07, 6.45) is 0.852. The van der Waals surface area contributed by atoms with Crippen molar-refractivity contribution >= 4 is 10.0 Å². The average Bonchev–Trinajstić information content (AvgIpc) is 2.14. The minimum atomic E-state index is -3.15. The van der Waals surface area contributed by atoms with Crippen LogP contribution in [0.4, 0.5) is 0 Å². The van der Waals surface area contributed by atoms with E-state index in [1.54, 1.807) is 4.31 Å². The number of hydrogen-bond donors (Lipinski definition) is 1. The van der Waals surface area contributed by atoms with Crippen molar-refractivity contribution < 1.29 is 13.2 Å². The van der Waals surface area contributed by atoms with E-state index in [1.165, 1.54) is 0 Å².